The van der Waals surface area contributed by atoms with Crippen LogP contribution in [0.3, 0.4) is 0 Å². The number of ether oxygens (including phenoxy) is 2. The number of fused-ring (bicyclic) bond motifs is 4. The van der Waals surface area contributed by atoms with Crippen LogP contribution in [0.5, 0.6) is 11.5 Å². The lowest BCUT2D eigenvalue weighted by molar-refractivity contribution is -0.112. The van der Waals surface area contributed by atoms with Crippen LogP contribution in [-0.2, 0) is 6.42 Å². The quantitative estimate of drug-likeness (QED) is 0.695. The van der Waals surface area contributed by atoms with E-state index in [2.05, 4.69) is 38.1 Å². The highest BCUT2D eigenvalue weighted by molar-refractivity contribution is 5.43. The fourth-order valence-electron chi connectivity index (χ4n) is 5.22. The van der Waals surface area contributed by atoms with Gasteiger partial charge in [0.05, 0.1) is 7.11 Å². The molecular formula is C20H26O2. The van der Waals surface area contributed by atoms with Crippen LogP contribution in [0.2, 0.25) is 0 Å². The maximum absolute atomic E-state index is 6.56. The average molecular weight is 298 g/mol. The van der Waals surface area contributed by atoms with E-state index in [1.165, 1.54) is 24.8 Å². The molecule has 0 N–H and O–H groups in total. The van der Waals surface area contributed by atoms with Crippen molar-refractivity contribution in [3.63, 3.8) is 0 Å². The van der Waals surface area contributed by atoms with Crippen LogP contribution in [0.25, 0.3) is 0 Å². The van der Waals surface area contributed by atoms with E-state index in [0.717, 1.165) is 30.3 Å². The van der Waals surface area contributed by atoms with Crippen molar-refractivity contribution in [3.8, 4) is 11.5 Å². The normalized spacial score (nSPS) is 39.2. The fourth-order valence-corrected chi connectivity index (χ4v) is 5.22. The lowest BCUT2D eigenvalue weighted by Crippen LogP contribution is -2.58. The van der Waals surface area contributed by atoms with E-state index in [9.17, 15) is 0 Å². The Balaban J connectivity index is 1.76. The highest BCUT2D eigenvalue weighted by Crippen LogP contribution is 2.59. The molecule has 2 heteroatoms. The van der Waals surface area contributed by atoms with Gasteiger partial charge >= 0.3 is 0 Å². The number of allylic oxidation sites excluding steroid dienone is 2. The van der Waals surface area contributed by atoms with Gasteiger partial charge in [-0.3, -0.25) is 0 Å². The molecule has 4 rings (SSSR count). The summed E-state index contributed by atoms with van der Waals surface area (Å²) in [5, 5.41) is 0. The summed E-state index contributed by atoms with van der Waals surface area (Å²) in [5.74, 6) is 3.30. The van der Waals surface area contributed by atoms with Crippen LogP contribution in [0.15, 0.2) is 30.4 Å². The van der Waals surface area contributed by atoms with Gasteiger partial charge in [0.2, 0.25) is 0 Å². The van der Waals surface area contributed by atoms with Gasteiger partial charge in [-0.15, -0.1) is 0 Å². The molecule has 2 aliphatic carbocycles. The summed E-state index contributed by atoms with van der Waals surface area (Å²) >= 11 is 0. The van der Waals surface area contributed by atoms with Crippen LogP contribution < -0.4 is 9.47 Å². The molecule has 0 spiro atoms. The van der Waals surface area contributed by atoms with Crippen LogP contribution in [0.1, 0.15) is 45.1 Å². The lowest BCUT2D eigenvalue weighted by atomic mass is 9.51. The Hall–Kier alpha value is -1.44. The van der Waals surface area contributed by atoms with Gasteiger partial charge in [-0.05, 0) is 74.1 Å². The first kappa shape index (κ1) is 14.2. The topological polar surface area (TPSA) is 18.5 Å². The molecule has 0 bridgehead atoms. The molecule has 1 heterocycles. The summed E-state index contributed by atoms with van der Waals surface area (Å²) in [7, 11) is 1.74. The minimum absolute atomic E-state index is 0.0159. The number of rotatable bonds is 1. The maximum atomic E-state index is 6.56. The molecule has 4 atom stereocenters. The van der Waals surface area contributed by atoms with Crippen molar-refractivity contribution in [2.45, 2.75) is 51.6 Å². The first-order valence-corrected chi connectivity index (χ1v) is 8.58. The van der Waals surface area contributed by atoms with E-state index in [1.54, 1.807) is 7.11 Å². The van der Waals surface area contributed by atoms with Gasteiger partial charge in [0.25, 0.3) is 0 Å². The molecule has 1 aromatic carbocycles. The van der Waals surface area contributed by atoms with Gasteiger partial charge in [-0.25, -0.2) is 0 Å². The zero-order valence-corrected chi connectivity index (χ0v) is 13.9. The largest absolute Gasteiger partial charge is 0.497 e. The second kappa shape index (κ2) is 4.78. The third-order valence-corrected chi connectivity index (χ3v) is 6.58. The fraction of sp³-hybridized carbons (Fsp3) is 0.600. The van der Waals surface area contributed by atoms with E-state index >= 15 is 0 Å². The monoisotopic (exact) mass is 298 g/mol. The van der Waals surface area contributed by atoms with E-state index in [4.69, 9.17) is 9.47 Å². The SMILES string of the molecule is COc1ccc2c(c1)CC1[C@@](C)(CC[C@H]3C=CCC[C@]13C)O2. The minimum atomic E-state index is -0.0159. The van der Waals surface area contributed by atoms with Crippen LogP contribution in [0, 0.1) is 17.3 Å². The van der Waals surface area contributed by atoms with E-state index in [1.807, 2.05) is 6.07 Å². The molecule has 1 fully saturated rings. The average Bonchev–Trinajstić information content (AvgIpc) is 2.52. The first-order valence-electron chi connectivity index (χ1n) is 8.58. The molecule has 118 valence electrons. The molecule has 1 aliphatic heterocycles. The summed E-state index contributed by atoms with van der Waals surface area (Å²) in [6, 6.07) is 6.27. The van der Waals surface area contributed by atoms with Crippen molar-refractivity contribution in [1.29, 1.82) is 0 Å². The standard InChI is InChI=1S/C20H26O2/c1-19-10-5-4-6-15(19)9-11-20(2)18(19)13-14-12-16(21-3)7-8-17(14)22-20/h4,6-8,12,15,18H,5,9-11,13H2,1-3H3/t15-,18?,19+,20-/m1/s1. The summed E-state index contributed by atoms with van der Waals surface area (Å²) in [5.41, 5.74) is 1.67. The predicted octanol–water partition coefficient (Wildman–Crippen LogP) is 4.77. The van der Waals surface area contributed by atoms with Gasteiger partial charge in [0.15, 0.2) is 0 Å². The number of methoxy groups -OCH3 is 1. The smallest absolute Gasteiger partial charge is 0.123 e. The minimum Gasteiger partial charge on any atom is -0.497 e. The predicted molar refractivity (Wildman–Crippen MR) is 88.4 cm³/mol. The third kappa shape index (κ3) is 1.92. The van der Waals surface area contributed by atoms with E-state index < -0.39 is 0 Å². The van der Waals surface area contributed by atoms with Crippen molar-refractivity contribution in [1.82, 2.24) is 0 Å². The van der Waals surface area contributed by atoms with Crippen molar-refractivity contribution in [3.05, 3.63) is 35.9 Å². The number of hydrogen-bond donors (Lipinski definition) is 0. The van der Waals surface area contributed by atoms with Crippen molar-refractivity contribution in [2.24, 2.45) is 17.3 Å². The van der Waals surface area contributed by atoms with Gasteiger partial charge in [-0.1, -0.05) is 19.1 Å². The number of benzene rings is 1. The Morgan fingerprint density at radius 3 is 2.91 bits per heavy atom. The number of hydrogen-bond acceptors (Lipinski definition) is 2. The summed E-state index contributed by atoms with van der Waals surface area (Å²) in [6.07, 6.45) is 10.9. The van der Waals surface area contributed by atoms with Crippen LogP contribution >= 0.6 is 0 Å². The second-order valence-electron chi connectivity index (χ2n) is 7.76. The zero-order chi connectivity index (χ0) is 15.4. The second-order valence-corrected chi connectivity index (χ2v) is 7.76. The molecule has 0 radical (unpaired) electrons. The molecule has 3 aliphatic rings. The molecule has 1 saturated carbocycles. The molecule has 1 aromatic rings. The third-order valence-electron chi connectivity index (χ3n) is 6.58. The van der Waals surface area contributed by atoms with E-state index in [0.29, 0.717) is 11.3 Å². The Morgan fingerprint density at radius 2 is 2.09 bits per heavy atom. The van der Waals surface area contributed by atoms with Gasteiger partial charge in [0, 0.05) is 5.92 Å². The lowest BCUT2D eigenvalue weighted by Gasteiger charge is -2.58. The summed E-state index contributed by atoms with van der Waals surface area (Å²) < 4.78 is 12.0. The van der Waals surface area contributed by atoms with Crippen molar-refractivity contribution >= 4 is 0 Å². The first-order chi connectivity index (χ1) is 10.5. The summed E-state index contributed by atoms with van der Waals surface area (Å²) in [6.45, 7) is 4.84. The Labute approximate surface area is 133 Å². The van der Waals surface area contributed by atoms with E-state index in [-0.39, 0.29) is 5.60 Å². The van der Waals surface area contributed by atoms with Gasteiger partial charge < -0.3 is 9.47 Å². The van der Waals surface area contributed by atoms with Crippen LogP contribution in [-0.4, -0.2) is 12.7 Å². The Kier molecular flexibility index (Phi) is 3.08. The maximum Gasteiger partial charge on any atom is 0.123 e. The molecule has 0 aromatic heterocycles. The summed E-state index contributed by atoms with van der Waals surface area (Å²) in [4.78, 5) is 0. The molecule has 1 unspecified atom stereocenters. The van der Waals surface area contributed by atoms with Gasteiger partial charge in [-0.2, -0.15) is 0 Å². The molecule has 2 nitrogen and oxygen atoms in total. The Morgan fingerprint density at radius 1 is 1.23 bits per heavy atom. The van der Waals surface area contributed by atoms with Crippen molar-refractivity contribution in [2.75, 3.05) is 7.11 Å². The molecular weight excluding hydrogens is 272 g/mol. The van der Waals surface area contributed by atoms with Crippen LogP contribution in [0.4, 0.5) is 0 Å². The van der Waals surface area contributed by atoms with Gasteiger partial charge in [0.1, 0.15) is 17.1 Å². The van der Waals surface area contributed by atoms with Crippen molar-refractivity contribution < 1.29 is 9.47 Å². The zero-order valence-electron chi connectivity index (χ0n) is 13.9. The molecule has 0 amide bonds. The molecule has 0 saturated heterocycles. The molecule has 22 heavy (non-hydrogen) atoms. The highest BCUT2D eigenvalue weighted by atomic mass is 16.5. The Bertz CT molecular complexity index is 620. The highest BCUT2D eigenvalue weighted by Gasteiger charge is 2.56.